The maximum Gasteiger partial charge on any atom is 0.204 e. The number of para-hydroxylation sites is 1. The van der Waals surface area contributed by atoms with Crippen molar-refractivity contribution < 1.29 is 0 Å². The maximum atomic E-state index is 4.52. The number of H-pyrrole nitrogens is 1. The third kappa shape index (κ3) is 2.59. The van der Waals surface area contributed by atoms with Crippen LogP contribution >= 0.6 is 11.3 Å². The Hall–Kier alpha value is -2.66. The highest BCUT2D eigenvalue weighted by molar-refractivity contribution is 7.22. The second kappa shape index (κ2) is 5.52. The van der Waals surface area contributed by atoms with Crippen LogP contribution in [0.25, 0.3) is 21.1 Å². The van der Waals surface area contributed by atoms with Gasteiger partial charge in [0.15, 0.2) is 0 Å². The normalized spacial score (nSPS) is 11.7. The number of hydrazone groups is 1. The molecule has 0 saturated heterocycles. The molecule has 0 bridgehead atoms. The van der Waals surface area contributed by atoms with Gasteiger partial charge in [-0.2, -0.15) is 5.10 Å². The Labute approximate surface area is 137 Å². The quantitative estimate of drug-likeness (QED) is 0.419. The third-order valence-corrected chi connectivity index (χ3v) is 4.78. The van der Waals surface area contributed by atoms with E-state index < -0.39 is 0 Å². The van der Waals surface area contributed by atoms with E-state index in [-0.39, 0.29) is 0 Å². The summed E-state index contributed by atoms with van der Waals surface area (Å²) in [6.45, 7) is 4.16. The third-order valence-electron chi connectivity index (χ3n) is 3.84. The Morgan fingerprint density at radius 3 is 2.91 bits per heavy atom. The van der Waals surface area contributed by atoms with Crippen molar-refractivity contribution in [3.8, 4) is 0 Å². The molecule has 2 N–H and O–H groups in total. The topological polar surface area (TPSA) is 53.1 Å². The van der Waals surface area contributed by atoms with Crippen LogP contribution in [0.3, 0.4) is 0 Å². The summed E-state index contributed by atoms with van der Waals surface area (Å²) in [7, 11) is 0. The van der Waals surface area contributed by atoms with Crippen LogP contribution in [0.15, 0.2) is 47.6 Å². The number of hydrogen-bond donors (Lipinski definition) is 2. The standard InChI is InChI=1S/C18H16N4S/c1-11-7-8-15-13(9-11)14(12(2)20-15)10-19-22-18-21-16-5-3-4-6-17(16)23-18/h3-10,20H,1-2H3,(H,21,22). The minimum absolute atomic E-state index is 0.802. The van der Waals surface area contributed by atoms with E-state index in [1.165, 1.54) is 10.9 Å². The van der Waals surface area contributed by atoms with Crippen molar-refractivity contribution >= 4 is 43.8 Å². The van der Waals surface area contributed by atoms with Crippen LogP contribution in [0.5, 0.6) is 0 Å². The Bertz CT molecular complexity index is 993. The minimum Gasteiger partial charge on any atom is -0.358 e. The number of thiazole rings is 1. The number of hydrogen-bond acceptors (Lipinski definition) is 4. The summed E-state index contributed by atoms with van der Waals surface area (Å²) in [5.41, 5.74) is 8.63. The van der Waals surface area contributed by atoms with Crippen molar-refractivity contribution in [1.29, 1.82) is 0 Å². The van der Waals surface area contributed by atoms with Gasteiger partial charge in [0.2, 0.25) is 5.13 Å². The minimum atomic E-state index is 0.802. The number of nitrogens with zero attached hydrogens (tertiary/aromatic N) is 2. The van der Waals surface area contributed by atoms with Crippen LogP contribution < -0.4 is 5.43 Å². The zero-order valence-electron chi connectivity index (χ0n) is 12.9. The molecule has 4 rings (SSSR count). The fraction of sp³-hybridized carbons (Fsp3) is 0.111. The SMILES string of the molecule is Cc1ccc2[nH]c(C)c(C=NNc3nc4ccccc4s3)c2c1. The molecule has 0 aliphatic heterocycles. The number of anilines is 1. The molecule has 23 heavy (non-hydrogen) atoms. The summed E-state index contributed by atoms with van der Waals surface area (Å²) in [5.74, 6) is 0. The molecule has 0 unspecified atom stereocenters. The summed E-state index contributed by atoms with van der Waals surface area (Å²) in [4.78, 5) is 7.91. The maximum absolute atomic E-state index is 4.52. The largest absolute Gasteiger partial charge is 0.358 e. The summed E-state index contributed by atoms with van der Waals surface area (Å²) < 4.78 is 1.16. The van der Waals surface area contributed by atoms with Gasteiger partial charge in [-0.15, -0.1) is 0 Å². The predicted octanol–water partition coefficient (Wildman–Crippen LogP) is 4.84. The van der Waals surface area contributed by atoms with Gasteiger partial charge in [0, 0.05) is 22.2 Å². The fourth-order valence-electron chi connectivity index (χ4n) is 2.70. The van der Waals surface area contributed by atoms with Gasteiger partial charge in [0.1, 0.15) is 0 Å². The molecule has 0 spiro atoms. The first-order valence-electron chi connectivity index (χ1n) is 7.44. The van der Waals surface area contributed by atoms with Gasteiger partial charge in [-0.3, -0.25) is 5.43 Å². The van der Waals surface area contributed by atoms with Crippen LogP contribution in [0.1, 0.15) is 16.8 Å². The first-order chi connectivity index (χ1) is 11.2. The summed E-state index contributed by atoms with van der Waals surface area (Å²) >= 11 is 1.60. The lowest BCUT2D eigenvalue weighted by Crippen LogP contribution is -1.90. The van der Waals surface area contributed by atoms with E-state index >= 15 is 0 Å². The molecule has 114 valence electrons. The highest BCUT2D eigenvalue weighted by Gasteiger charge is 2.06. The predicted molar refractivity (Wildman–Crippen MR) is 98.6 cm³/mol. The lowest BCUT2D eigenvalue weighted by molar-refractivity contribution is 1.28. The van der Waals surface area contributed by atoms with E-state index in [1.54, 1.807) is 11.3 Å². The Balaban J connectivity index is 1.63. The molecular weight excluding hydrogens is 304 g/mol. The van der Waals surface area contributed by atoms with Crippen LogP contribution in [-0.2, 0) is 0 Å². The van der Waals surface area contributed by atoms with E-state index in [0.717, 1.165) is 32.1 Å². The van der Waals surface area contributed by atoms with Crippen molar-refractivity contribution in [1.82, 2.24) is 9.97 Å². The average molecular weight is 320 g/mol. The van der Waals surface area contributed by atoms with E-state index in [1.807, 2.05) is 24.4 Å². The van der Waals surface area contributed by atoms with E-state index in [9.17, 15) is 0 Å². The number of benzene rings is 2. The highest BCUT2D eigenvalue weighted by Crippen LogP contribution is 2.25. The van der Waals surface area contributed by atoms with Crippen molar-refractivity contribution in [3.63, 3.8) is 0 Å². The second-order valence-corrected chi connectivity index (χ2v) is 6.60. The molecule has 4 nitrogen and oxygen atoms in total. The number of nitrogens with one attached hydrogen (secondary N) is 2. The molecule has 0 saturated carbocycles. The molecule has 0 amide bonds. The number of aromatic nitrogens is 2. The molecule has 5 heteroatoms. The number of fused-ring (bicyclic) bond motifs is 2. The molecular formula is C18H16N4S. The first kappa shape index (κ1) is 14.0. The summed E-state index contributed by atoms with van der Waals surface area (Å²) in [6.07, 6.45) is 1.86. The lowest BCUT2D eigenvalue weighted by atomic mass is 10.1. The van der Waals surface area contributed by atoms with Crippen molar-refractivity contribution in [2.45, 2.75) is 13.8 Å². The van der Waals surface area contributed by atoms with Crippen molar-refractivity contribution in [2.24, 2.45) is 5.10 Å². The van der Waals surface area contributed by atoms with Crippen LogP contribution in [0.4, 0.5) is 5.13 Å². The van der Waals surface area contributed by atoms with Gasteiger partial charge in [0.05, 0.1) is 16.4 Å². The monoisotopic (exact) mass is 320 g/mol. The molecule has 0 radical (unpaired) electrons. The number of aryl methyl sites for hydroxylation is 2. The van der Waals surface area contributed by atoms with Crippen LogP contribution in [0.2, 0.25) is 0 Å². The molecule has 2 aromatic heterocycles. The number of aromatic amines is 1. The molecule has 0 aliphatic rings. The zero-order valence-corrected chi connectivity index (χ0v) is 13.7. The van der Waals surface area contributed by atoms with Gasteiger partial charge < -0.3 is 4.98 Å². The molecule has 0 atom stereocenters. The lowest BCUT2D eigenvalue weighted by Gasteiger charge is -1.96. The zero-order chi connectivity index (χ0) is 15.8. The van der Waals surface area contributed by atoms with Crippen LogP contribution in [-0.4, -0.2) is 16.2 Å². The summed E-state index contributed by atoms with van der Waals surface area (Å²) in [5, 5.41) is 6.37. The van der Waals surface area contributed by atoms with Crippen LogP contribution in [0, 0.1) is 13.8 Å². The molecule has 0 aliphatic carbocycles. The van der Waals surface area contributed by atoms with Gasteiger partial charge in [0.25, 0.3) is 0 Å². The average Bonchev–Trinajstić information content (AvgIpc) is 3.08. The molecule has 0 fully saturated rings. The molecule has 2 heterocycles. The van der Waals surface area contributed by atoms with Gasteiger partial charge >= 0.3 is 0 Å². The Morgan fingerprint density at radius 2 is 2.04 bits per heavy atom. The van der Waals surface area contributed by atoms with E-state index in [4.69, 9.17) is 0 Å². The molecule has 2 aromatic carbocycles. The number of rotatable bonds is 3. The first-order valence-corrected chi connectivity index (χ1v) is 8.26. The van der Waals surface area contributed by atoms with E-state index in [0.29, 0.717) is 0 Å². The Morgan fingerprint density at radius 1 is 1.17 bits per heavy atom. The van der Waals surface area contributed by atoms with Crippen molar-refractivity contribution in [2.75, 3.05) is 5.43 Å². The summed E-state index contributed by atoms with van der Waals surface area (Å²) in [6, 6.07) is 14.5. The fourth-order valence-corrected chi connectivity index (χ4v) is 3.52. The second-order valence-electron chi connectivity index (χ2n) is 5.57. The highest BCUT2D eigenvalue weighted by atomic mass is 32.1. The van der Waals surface area contributed by atoms with Crippen molar-refractivity contribution in [3.05, 3.63) is 59.3 Å². The van der Waals surface area contributed by atoms with Gasteiger partial charge in [-0.25, -0.2) is 4.98 Å². The molecule has 4 aromatic rings. The van der Waals surface area contributed by atoms with Gasteiger partial charge in [-0.05, 0) is 38.1 Å². The Kier molecular flexibility index (Phi) is 3.35. The smallest absolute Gasteiger partial charge is 0.204 e. The van der Waals surface area contributed by atoms with Gasteiger partial charge in [-0.1, -0.05) is 35.1 Å². The van der Waals surface area contributed by atoms with E-state index in [2.05, 4.69) is 58.6 Å².